The smallest absolute Gasteiger partial charge is 0.235 e. The Bertz CT molecular complexity index is 220. The quantitative estimate of drug-likeness (QED) is 0.650. The third kappa shape index (κ3) is 1.86. The van der Waals surface area contributed by atoms with E-state index in [0.717, 1.165) is 11.8 Å². The Morgan fingerprint density at radius 2 is 2.25 bits per heavy atom. The van der Waals surface area contributed by atoms with Crippen LogP contribution in [0.2, 0.25) is 0 Å². The molecule has 0 aromatic carbocycles. The van der Waals surface area contributed by atoms with Crippen LogP contribution in [0.25, 0.3) is 0 Å². The Kier molecular flexibility index (Phi) is 2.88. The first-order chi connectivity index (χ1) is 5.58. The highest BCUT2D eigenvalue weighted by atomic mass is 32.2. The van der Waals surface area contributed by atoms with Gasteiger partial charge in [0.05, 0.1) is 0 Å². The molecule has 12 heavy (non-hydrogen) atoms. The van der Waals surface area contributed by atoms with Gasteiger partial charge in [0.2, 0.25) is 0 Å². The molecule has 0 amide bonds. The van der Waals surface area contributed by atoms with E-state index in [4.69, 9.17) is 0 Å². The third-order valence-electron chi connectivity index (χ3n) is 1.48. The molecule has 1 aliphatic rings. The fourth-order valence-corrected chi connectivity index (χ4v) is 1.73. The van der Waals surface area contributed by atoms with Gasteiger partial charge in [0.15, 0.2) is 6.17 Å². The summed E-state index contributed by atoms with van der Waals surface area (Å²) < 4.78 is 38.2. The zero-order valence-electron chi connectivity index (χ0n) is 6.56. The second kappa shape index (κ2) is 3.56. The van der Waals surface area contributed by atoms with Gasteiger partial charge in [-0.3, -0.25) is 0 Å². The van der Waals surface area contributed by atoms with E-state index in [0.29, 0.717) is 11.8 Å². The molecule has 4 heteroatoms. The molecule has 0 saturated carbocycles. The molecular formula is C8H9F3S. The van der Waals surface area contributed by atoms with Gasteiger partial charge < -0.3 is 0 Å². The van der Waals surface area contributed by atoms with E-state index >= 15 is 0 Å². The van der Waals surface area contributed by atoms with Gasteiger partial charge in [0.25, 0.3) is 0 Å². The van der Waals surface area contributed by atoms with Crippen molar-refractivity contribution in [2.75, 3.05) is 5.75 Å². The predicted molar refractivity (Wildman–Crippen MR) is 45.2 cm³/mol. The van der Waals surface area contributed by atoms with Crippen LogP contribution in [-0.4, -0.2) is 17.8 Å². The third-order valence-corrected chi connectivity index (χ3v) is 2.44. The van der Waals surface area contributed by atoms with Gasteiger partial charge in [-0.25, -0.2) is 4.39 Å². The number of thioether (sulfide) groups is 1. The number of allylic oxidation sites excluding steroid dienone is 4. The lowest BCUT2D eigenvalue weighted by Crippen LogP contribution is -2.30. The van der Waals surface area contributed by atoms with Gasteiger partial charge in [0.1, 0.15) is 0 Å². The Balaban J connectivity index is 2.76. The highest BCUT2D eigenvalue weighted by molar-refractivity contribution is 8.03. The summed E-state index contributed by atoms with van der Waals surface area (Å²) in [6.07, 6.45) is 1.04. The van der Waals surface area contributed by atoms with E-state index in [1.807, 2.05) is 0 Å². The summed E-state index contributed by atoms with van der Waals surface area (Å²) in [5.41, 5.74) is 0. The summed E-state index contributed by atoms with van der Waals surface area (Å²) >= 11 is 1.12. The molecule has 68 valence electrons. The van der Waals surface area contributed by atoms with Gasteiger partial charge in [-0.2, -0.15) is 8.78 Å². The van der Waals surface area contributed by atoms with Gasteiger partial charge in [-0.15, -0.1) is 11.8 Å². The van der Waals surface area contributed by atoms with E-state index < -0.39 is 12.1 Å². The normalized spacial score (nSPS) is 27.0. The fourth-order valence-electron chi connectivity index (χ4n) is 0.918. The van der Waals surface area contributed by atoms with Crippen molar-refractivity contribution in [2.24, 2.45) is 0 Å². The molecule has 0 aromatic rings. The summed E-state index contributed by atoms with van der Waals surface area (Å²) in [5, 5.41) is 0. The molecule has 0 fully saturated rings. The van der Waals surface area contributed by atoms with Gasteiger partial charge >= 0.3 is 5.92 Å². The highest BCUT2D eigenvalue weighted by Crippen LogP contribution is 2.36. The van der Waals surface area contributed by atoms with E-state index in [-0.39, 0.29) is 4.91 Å². The minimum atomic E-state index is -3.33. The standard InChI is InChI=1S/C8H9F3S/c1-2-12-6-4-3-5-8(10,11)7(6)9/h3-5,7H,2H2,1H3. The van der Waals surface area contributed by atoms with Crippen molar-refractivity contribution >= 4 is 11.8 Å². The van der Waals surface area contributed by atoms with E-state index in [1.54, 1.807) is 6.92 Å². The molecule has 0 spiro atoms. The lowest BCUT2D eigenvalue weighted by Gasteiger charge is -2.21. The molecule has 0 nitrogen and oxygen atoms in total. The number of halogens is 3. The maximum absolute atomic E-state index is 12.9. The highest BCUT2D eigenvalue weighted by Gasteiger charge is 2.41. The molecule has 1 rings (SSSR count). The SMILES string of the molecule is CCSC1=CC=CC(F)(F)C1F. The van der Waals surface area contributed by atoms with Crippen molar-refractivity contribution in [1.82, 2.24) is 0 Å². The summed E-state index contributed by atoms with van der Waals surface area (Å²) in [4.78, 5) is 0.116. The van der Waals surface area contributed by atoms with E-state index in [2.05, 4.69) is 0 Å². The lowest BCUT2D eigenvalue weighted by molar-refractivity contribution is -0.00907. The van der Waals surface area contributed by atoms with Crippen LogP contribution in [0.1, 0.15) is 6.92 Å². The number of hydrogen-bond acceptors (Lipinski definition) is 1. The summed E-state index contributed by atoms with van der Waals surface area (Å²) in [7, 11) is 0. The van der Waals surface area contributed by atoms with Crippen molar-refractivity contribution in [3.05, 3.63) is 23.1 Å². The minimum absolute atomic E-state index is 0.116. The molecule has 1 aliphatic carbocycles. The molecule has 0 aromatic heterocycles. The van der Waals surface area contributed by atoms with Crippen LogP contribution in [0.3, 0.4) is 0 Å². The maximum Gasteiger partial charge on any atom is 0.302 e. The molecule has 1 unspecified atom stereocenters. The summed E-state index contributed by atoms with van der Waals surface area (Å²) in [5.74, 6) is -2.72. The number of rotatable bonds is 2. The van der Waals surface area contributed by atoms with Crippen molar-refractivity contribution in [1.29, 1.82) is 0 Å². The molecule has 0 bridgehead atoms. The minimum Gasteiger partial charge on any atom is -0.235 e. The maximum atomic E-state index is 12.9. The average molecular weight is 194 g/mol. The van der Waals surface area contributed by atoms with Crippen LogP contribution in [0, 0.1) is 0 Å². The predicted octanol–water partition coefficient (Wildman–Crippen LogP) is 3.17. The molecule has 1 atom stereocenters. The van der Waals surface area contributed by atoms with Crippen molar-refractivity contribution in [2.45, 2.75) is 19.0 Å². The molecule has 0 radical (unpaired) electrons. The van der Waals surface area contributed by atoms with Gasteiger partial charge in [-0.1, -0.05) is 13.0 Å². The zero-order chi connectivity index (χ0) is 9.19. The van der Waals surface area contributed by atoms with Crippen molar-refractivity contribution in [3.63, 3.8) is 0 Å². The Morgan fingerprint density at radius 3 is 2.83 bits per heavy atom. The van der Waals surface area contributed by atoms with Crippen LogP contribution < -0.4 is 0 Å². The lowest BCUT2D eigenvalue weighted by atomic mass is 10.1. The van der Waals surface area contributed by atoms with E-state index in [1.165, 1.54) is 12.2 Å². The van der Waals surface area contributed by atoms with Crippen molar-refractivity contribution in [3.8, 4) is 0 Å². The molecular weight excluding hydrogens is 185 g/mol. The zero-order valence-corrected chi connectivity index (χ0v) is 7.38. The number of hydrogen-bond donors (Lipinski definition) is 0. The summed E-state index contributed by atoms with van der Waals surface area (Å²) in [6.45, 7) is 1.80. The van der Waals surface area contributed by atoms with Gasteiger partial charge in [0, 0.05) is 4.91 Å². The van der Waals surface area contributed by atoms with Crippen molar-refractivity contribution < 1.29 is 13.2 Å². The Morgan fingerprint density at radius 1 is 1.58 bits per heavy atom. The Hall–Kier alpha value is -0.380. The van der Waals surface area contributed by atoms with Crippen LogP contribution in [0.4, 0.5) is 13.2 Å². The summed E-state index contributed by atoms with van der Waals surface area (Å²) in [6, 6.07) is 0. The van der Waals surface area contributed by atoms with Crippen LogP contribution in [0.5, 0.6) is 0 Å². The van der Waals surface area contributed by atoms with Crippen LogP contribution in [-0.2, 0) is 0 Å². The average Bonchev–Trinajstić information content (AvgIpc) is 1.99. The van der Waals surface area contributed by atoms with Gasteiger partial charge in [-0.05, 0) is 17.9 Å². The second-order valence-corrected chi connectivity index (χ2v) is 3.74. The molecule has 0 aliphatic heterocycles. The van der Waals surface area contributed by atoms with E-state index in [9.17, 15) is 13.2 Å². The first-order valence-corrected chi connectivity index (χ1v) is 4.60. The van der Waals surface area contributed by atoms with Crippen LogP contribution in [0.15, 0.2) is 23.1 Å². The first-order valence-electron chi connectivity index (χ1n) is 3.62. The largest absolute Gasteiger partial charge is 0.302 e. The fraction of sp³-hybridized carbons (Fsp3) is 0.500. The monoisotopic (exact) mass is 194 g/mol. The topological polar surface area (TPSA) is 0 Å². The first kappa shape index (κ1) is 9.71. The molecule has 0 heterocycles. The Labute approximate surface area is 73.5 Å². The molecule has 0 saturated heterocycles. The second-order valence-electron chi connectivity index (χ2n) is 2.40. The number of alkyl halides is 3. The van der Waals surface area contributed by atoms with Crippen LogP contribution >= 0.6 is 11.8 Å². The molecule has 0 N–H and O–H groups in total.